The Morgan fingerprint density at radius 1 is 1.28 bits per heavy atom. The van der Waals surface area contributed by atoms with Gasteiger partial charge in [-0.1, -0.05) is 11.6 Å². The Morgan fingerprint density at radius 2 is 2.03 bits per heavy atom. The summed E-state index contributed by atoms with van der Waals surface area (Å²) in [6.07, 6.45) is 5.11. The second kappa shape index (κ2) is 10.3. The lowest BCUT2D eigenvalue weighted by atomic mass is 9.81. The highest BCUT2D eigenvalue weighted by molar-refractivity contribution is 7.90. The molecule has 1 aromatic heterocycles. The molecule has 176 valence electrons. The molecule has 0 aliphatic heterocycles. The van der Waals surface area contributed by atoms with Gasteiger partial charge in [-0.15, -0.1) is 0 Å². The van der Waals surface area contributed by atoms with Crippen molar-refractivity contribution in [3.05, 3.63) is 29.5 Å². The largest absolute Gasteiger partial charge is 0.360 e. The highest BCUT2D eigenvalue weighted by atomic mass is 35.5. The van der Waals surface area contributed by atoms with Gasteiger partial charge >= 0.3 is 0 Å². The number of benzene rings is 1. The maximum atomic E-state index is 12.7. The summed E-state index contributed by atoms with van der Waals surface area (Å²) in [6, 6.07) is 5.82. The lowest BCUT2D eigenvalue weighted by Gasteiger charge is -2.41. The van der Waals surface area contributed by atoms with E-state index in [0.717, 1.165) is 30.2 Å². The Balaban J connectivity index is 1.66. The average molecular weight is 482 g/mol. The summed E-state index contributed by atoms with van der Waals surface area (Å²) in [5.41, 5.74) is 0.730. The van der Waals surface area contributed by atoms with E-state index in [-0.39, 0.29) is 30.2 Å². The molecule has 1 heterocycles. The van der Waals surface area contributed by atoms with Crippen molar-refractivity contribution < 1.29 is 13.2 Å². The fourth-order valence-electron chi connectivity index (χ4n) is 4.39. The Morgan fingerprint density at radius 3 is 2.72 bits per heavy atom. The lowest BCUT2D eigenvalue weighted by molar-refractivity contribution is -0.120. The van der Waals surface area contributed by atoms with Gasteiger partial charge in [0.1, 0.15) is 22.0 Å². The molecule has 0 spiro atoms. The van der Waals surface area contributed by atoms with Gasteiger partial charge in [-0.05, 0) is 64.3 Å². The van der Waals surface area contributed by atoms with Crippen LogP contribution in [0.3, 0.4) is 0 Å². The number of rotatable bonds is 8. The average Bonchev–Trinajstić information content (AvgIpc) is 2.71. The second-order valence-corrected chi connectivity index (χ2v) is 11.6. The summed E-state index contributed by atoms with van der Waals surface area (Å²) in [5, 5.41) is 7.41. The van der Waals surface area contributed by atoms with E-state index in [2.05, 4.69) is 46.4 Å². The number of sulfone groups is 1. The fraction of sp³-hybridized carbons (Fsp3) is 0.591. The van der Waals surface area contributed by atoms with Gasteiger partial charge in [0.05, 0.1) is 17.8 Å². The lowest BCUT2D eigenvalue weighted by Crippen LogP contribution is -2.51. The first-order valence-corrected chi connectivity index (χ1v) is 13.3. The van der Waals surface area contributed by atoms with Crippen LogP contribution in [0.1, 0.15) is 33.1 Å². The van der Waals surface area contributed by atoms with Crippen LogP contribution in [0, 0.1) is 5.92 Å². The minimum atomic E-state index is -3.16. The van der Waals surface area contributed by atoms with E-state index < -0.39 is 9.84 Å². The molecule has 1 aliphatic carbocycles. The zero-order chi connectivity index (χ0) is 23.5. The summed E-state index contributed by atoms with van der Waals surface area (Å²) in [4.78, 5) is 23.5. The summed E-state index contributed by atoms with van der Waals surface area (Å²) >= 11 is 6.09. The maximum Gasteiger partial charge on any atom is 0.239 e. The standard InChI is InChI=1S/C22H32ClN5O3S/c1-14(2)28(3)17-6-8-19(15(9-17)12-32(4,30)31)27-21(29)11-24-22-18-10-16(23)5-7-20(18)25-13-26-22/h5,7,10,13-15,17,19H,6,8-9,11-12H2,1-4H3,(H,27,29)(H,24,25,26)/t15-,17+,19-/m0/s1. The highest BCUT2D eigenvalue weighted by Gasteiger charge is 2.35. The Bertz CT molecular complexity index is 1060. The van der Waals surface area contributed by atoms with Crippen LogP contribution in [-0.2, 0) is 14.6 Å². The van der Waals surface area contributed by atoms with E-state index in [1.807, 2.05) is 0 Å². The molecule has 2 N–H and O–H groups in total. The maximum absolute atomic E-state index is 12.7. The van der Waals surface area contributed by atoms with Gasteiger partial charge in [-0.3, -0.25) is 4.79 Å². The number of hydrogen-bond donors (Lipinski definition) is 2. The van der Waals surface area contributed by atoms with Gasteiger partial charge in [0, 0.05) is 34.8 Å². The monoisotopic (exact) mass is 481 g/mol. The predicted octanol–water partition coefficient (Wildman–Crippen LogP) is 2.73. The normalized spacial score (nSPS) is 21.8. The molecule has 0 saturated heterocycles. The molecule has 0 unspecified atom stereocenters. The summed E-state index contributed by atoms with van der Waals surface area (Å²) in [5.74, 6) is 0.288. The van der Waals surface area contributed by atoms with E-state index in [9.17, 15) is 13.2 Å². The number of halogens is 1. The van der Waals surface area contributed by atoms with E-state index in [1.165, 1.54) is 12.6 Å². The molecule has 2 aromatic rings. The highest BCUT2D eigenvalue weighted by Crippen LogP contribution is 2.30. The molecule has 3 rings (SSSR count). The number of fused-ring (bicyclic) bond motifs is 1. The van der Waals surface area contributed by atoms with Crippen molar-refractivity contribution >= 4 is 44.1 Å². The van der Waals surface area contributed by atoms with Crippen LogP contribution in [0.2, 0.25) is 5.02 Å². The smallest absolute Gasteiger partial charge is 0.239 e. The number of carbonyl (C=O) groups excluding carboxylic acids is 1. The summed E-state index contributed by atoms with van der Waals surface area (Å²) in [6.45, 7) is 4.29. The Hall–Kier alpha value is -1.97. The van der Waals surface area contributed by atoms with E-state index in [4.69, 9.17) is 11.6 Å². The van der Waals surface area contributed by atoms with Gasteiger partial charge in [0.2, 0.25) is 5.91 Å². The van der Waals surface area contributed by atoms with E-state index in [0.29, 0.717) is 22.9 Å². The van der Waals surface area contributed by atoms with Crippen molar-refractivity contribution in [3.8, 4) is 0 Å². The molecular formula is C22H32ClN5O3S. The van der Waals surface area contributed by atoms with Crippen molar-refractivity contribution in [2.24, 2.45) is 5.92 Å². The number of nitrogens with zero attached hydrogens (tertiary/aromatic N) is 3. The zero-order valence-corrected chi connectivity index (χ0v) is 20.6. The van der Waals surface area contributed by atoms with E-state index in [1.54, 1.807) is 18.2 Å². The van der Waals surface area contributed by atoms with Crippen LogP contribution in [-0.4, -0.2) is 72.9 Å². The third-order valence-electron chi connectivity index (χ3n) is 6.22. The van der Waals surface area contributed by atoms with Crippen LogP contribution in [0.4, 0.5) is 5.82 Å². The molecule has 3 atom stereocenters. The van der Waals surface area contributed by atoms with Gasteiger partial charge in [0.15, 0.2) is 0 Å². The molecule has 8 nitrogen and oxygen atoms in total. The van der Waals surface area contributed by atoms with Crippen LogP contribution < -0.4 is 10.6 Å². The molecule has 1 amide bonds. The van der Waals surface area contributed by atoms with E-state index >= 15 is 0 Å². The number of aromatic nitrogens is 2. The van der Waals surface area contributed by atoms with Crippen LogP contribution >= 0.6 is 11.6 Å². The molecule has 10 heteroatoms. The molecule has 1 aromatic carbocycles. The fourth-order valence-corrected chi connectivity index (χ4v) is 5.70. The SMILES string of the molecule is CC(C)N(C)[C@@H]1CC[C@H](NC(=O)CNc2ncnc3ccc(Cl)cc23)[C@H](CS(C)(=O)=O)C1. The first-order chi connectivity index (χ1) is 15.0. The molecular weight excluding hydrogens is 450 g/mol. The van der Waals surface area contributed by atoms with Gasteiger partial charge in [0.25, 0.3) is 0 Å². The topological polar surface area (TPSA) is 104 Å². The Labute approximate surface area is 195 Å². The molecule has 1 aliphatic rings. The van der Waals surface area contributed by atoms with Crippen molar-refractivity contribution in [1.82, 2.24) is 20.2 Å². The number of hydrogen-bond acceptors (Lipinski definition) is 7. The summed E-state index contributed by atoms with van der Waals surface area (Å²) in [7, 11) is -1.08. The first-order valence-electron chi connectivity index (χ1n) is 10.9. The zero-order valence-electron chi connectivity index (χ0n) is 19.0. The summed E-state index contributed by atoms with van der Waals surface area (Å²) < 4.78 is 24.1. The number of carbonyl (C=O) groups is 1. The number of amides is 1. The molecule has 0 radical (unpaired) electrons. The van der Waals surface area contributed by atoms with Crippen LogP contribution in [0.15, 0.2) is 24.5 Å². The van der Waals surface area contributed by atoms with Crippen molar-refractivity contribution in [2.45, 2.75) is 51.2 Å². The quantitative estimate of drug-likeness (QED) is 0.597. The molecule has 1 saturated carbocycles. The minimum absolute atomic E-state index is 0.0239. The minimum Gasteiger partial charge on any atom is -0.360 e. The molecule has 1 fully saturated rings. The third-order valence-corrected chi connectivity index (χ3v) is 7.49. The van der Waals surface area contributed by atoms with Gasteiger partial charge in [-0.25, -0.2) is 18.4 Å². The van der Waals surface area contributed by atoms with Gasteiger partial charge < -0.3 is 15.5 Å². The number of nitrogens with one attached hydrogen (secondary N) is 2. The van der Waals surface area contributed by atoms with Crippen LogP contribution in [0.5, 0.6) is 0 Å². The van der Waals surface area contributed by atoms with Gasteiger partial charge in [-0.2, -0.15) is 0 Å². The molecule has 32 heavy (non-hydrogen) atoms. The second-order valence-electron chi connectivity index (χ2n) is 8.99. The van der Waals surface area contributed by atoms with Crippen molar-refractivity contribution in [1.29, 1.82) is 0 Å². The van der Waals surface area contributed by atoms with Crippen molar-refractivity contribution in [3.63, 3.8) is 0 Å². The first kappa shape index (κ1) is 24.7. The number of anilines is 1. The predicted molar refractivity (Wildman–Crippen MR) is 129 cm³/mol. The third kappa shape index (κ3) is 6.52. The Kier molecular flexibility index (Phi) is 7.95. The van der Waals surface area contributed by atoms with Crippen molar-refractivity contribution in [2.75, 3.05) is 30.9 Å². The molecule has 0 bridgehead atoms. The van der Waals surface area contributed by atoms with Crippen LogP contribution in [0.25, 0.3) is 10.9 Å².